The lowest BCUT2D eigenvalue weighted by molar-refractivity contribution is 0.0902. The summed E-state index contributed by atoms with van der Waals surface area (Å²) in [6.07, 6.45) is 3.95. The van der Waals surface area contributed by atoms with Crippen molar-refractivity contribution in [2.45, 2.75) is 38.8 Å². The Labute approximate surface area is 125 Å². The molecule has 2 heterocycles. The molecule has 1 aromatic heterocycles. The van der Waals surface area contributed by atoms with Gasteiger partial charge in [-0.25, -0.2) is 0 Å². The number of hydrogen-bond donors (Lipinski definition) is 2. The second-order valence-electron chi connectivity index (χ2n) is 6.12. The topological polar surface area (TPSA) is 48.1 Å². The molecule has 1 aliphatic heterocycles. The number of rotatable bonds is 3. The summed E-state index contributed by atoms with van der Waals surface area (Å²) in [5.41, 5.74) is 1.78. The number of benzene rings is 1. The molecule has 21 heavy (non-hydrogen) atoms. The van der Waals surface area contributed by atoms with E-state index in [9.17, 15) is 4.79 Å². The molecule has 1 aromatic carbocycles. The second kappa shape index (κ2) is 5.90. The molecule has 3 rings (SSSR count). The molecule has 0 bridgehead atoms. The van der Waals surface area contributed by atoms with E-state index in [1.807, 2.05) is 30.5 Å². The molecule has 1 amide bonds. The Balaban J connectivity index is 1.66. The zero-order valence-corrected chi connectivity index (χ0v) is 12.7. The molecule has 2 N–H and O–H groups in total. The molecule has 1 fully saturated rings. The van der Waals surface area contributed by atoms with Crippen molar-refractivity contribution in [3.8, 4) is 0 Å². The van der Waals surface area contributed by atoms with Gasteiger partial charge in [-0.1, -0.05) is 6.07 Å². The summed E-state index contributed by atoms with van der Waals surface area (Å²) in [6.45, 7) is 6.59. The largest absolute Gasteiger partial charge is 0.361 e. The highest BCUT2D eigenvalue weighted by Crippen LogP contribution is 2.19. The van der Waals surface area contributed by atoms with E-state index in [0.29, 0.717) is 12.1 Å². The van der Waals surface area contributed by atoms with Crippen LogP contribution in [0.4, 0.5) is 0 Å². The summed E-state index contributed by atoms with van der Waals surface area (Å²) in [4.78, 5) is 18.1. The van der Waals surface area contributed by atoms with Gasteiger partial charge in [0.05, 0.1) is 0 Å². The molecule has 0 atom stereocenters. The first-order valence-electron chi connectivity index (χ1n) is 7.76. The summed E-state index contributed by atoms with van der Waals surface area (Å²) in [5.74, 6) is 0.0446. The number of nitrogens with zero attached hydrogens (tertiary/aromatic N) is 1. The fourth-order valence-corrected chi connectivity index (χ4v) is 3.11. The summed E-state index contributed by atoms with van der Waals surface area (Å²) in [7, 11) is 0. The predicted octanol–water partition coefficient (Wildman–Crippen LogP) is 2.77. The number of aromatic nitrogens is 1. The molecule has 4 heteroatoms. The van der Waals surface area contributed by atoms with E-state index in [1.54, 1.807) is 0 Å². The lowest BCUT2D eigenvalue weighted by Crippen LogP contribution is -2.46. The number of carbonyl (C=O) groups excluding carboxylic acids is 1. The van der Waals surface area contributed by atoms with E-state index in [1.165, 1.54) is 0 Å². The SMILES string of the molecule is CC(C)N1CCC(NC(=O)c2cccc3[nH]ccc23)CC1. The molecular weight excluding hydrogens is 262 g/mol. The van der Waals surface area contributed by atoms with Crippen LogP contribution < -0.4 is 5.32 Å². The van der Waals surface area contributed by atoms with Gasteiger partial charge in [0.15, 0.2) is 0 Å². The van der Waals surface area contributed by atoms with Crippen LogP contribution in [0.1, 0.15) is 37.0 Å². The molecule has 0 saturated carbocycles. The third-order valence-corrected chi connectivity index (χ3v) is 4.43. The lowest BCUT2D eigenvalue weighted by Gasteiger charge is -2.34. The molecule has 0 unspecified atom stereocenters. The maximum absolute atomic E-state index is 12.5. The van der Waals surface area contributed by atoms with Crippen LogP contribution in [0, 0.1) is 0 Å². The van der Waals surface area contributed by atoms with E-state index < -0.39 is 0 Å². The number of hydrogen-bond acceptors (Lipinski definition) is 2. The molecule has 112 valence electrons. The minimum atomic E-state index is 0.0446. The number of fused-ring (bicyclic) bond motifs is 1. The van der Waals surface area contributed by atoms with Crippen LogP contribution in [0.25, 0.3) is 10.9 Å². The van der Waals surface area contributed by atoms with Gasteiger partial charge in [0.1, 0.15) is 0 Å². The van der Waals surface area contributed by atoms with Crippen molar-refractivity contribution >= 4 is 16.8 Å². The van der Waals surface area contributed by atoms with Crippen LogP contribution in [0.5, 0.6) is 0 Å². The zero-order chi connectivity index (χ0) is 14.8. The normalized spacial score (nSPS) is 17.5. The van der Waals surface area contributed by atoms with E-state index in [-0.39, 0.29) is 5.91 Å². The van der Waals surface area contributed by atoms with Gasteiger partial charge in [-0.05, 0) is 44.9 Å². The predicted molar refractivity (Wildman–Crippen MR) is 85.5 cm³/mol. The van der Waals surface area contributed by atoms with E-state index in [2.05, 4.69) is 29.0 Å². The van der Waals surface area contributed by atoms with Gasteiger partial charge < -0.3 is 15.2 Å². The van der Waals surface area contributed by atoms with Gasteiger partial charge in [0, 0.05) is 47.8 Å². The maximum atomic E-state index is 12.5. The summed E-state index contributed by atoms with van der Waals surface area (Å²) in [6, 6.07) is 8.67. The standard InChI is InChI=1S/C17H23N3O/c1-12(2)20-10-7-13(8-11-20)19-17(21)15-4-3-5-16-14(15)6-9-18-16/h3-6,9,12-13,18H,7-8,10-11H2,1-2H3,(H,19,21). The van der Waals surface area contributed by atoms with Crippen LogP contribution in [0.15, 0.2) is 30.5 Å². The maximum Gasteiger partial charge on any atom is 0.252 e. The summed E-state index contributed by atoms with van der Waals surface area (Å²) >= 11 is 0. The second-order valence-corrected chi connectivity index (χ2v) is 6.12. The van der Waals surface area contributed by atoms with Gasteiger partial charge in [-0.15, -0.1) is 0 Å². The van der Waals surface area contributed by atoms with Crippen LogP contribution >= 0.6 is 0 Å². The smallest absolute Gasteiger partial charge is 0.252 e. The van der Waals surface area contributed by atoms with Crippen molar-refractivity contribution in [2.75, 3.05) is 13.1 Å². The van der Waals surface area contributed by atoms with E-state index in [4.69, 9.17) is 0 Å². The molecule has 0 spiro atoms. The van der Waals surface area contributed by atoms with Gasteiger partial charge in [0.2, 0.25) is 0 Å². The van der Waals surface area contributed by atoms with Crippen molar-refractivity contribution in [1.29, 1.82) is 0 Å². The van der Waals surface area contributed by atoms with Crippen LogP contribution in [0.3, 0.4) is 0 Å². The minimum Gasteiger partial charge on any atom is -0.361 e. The van der Waals surface area contributed by atoms with Crippen molar-refractivity contribution < 1.29 is 4.79 Å². The Kier molecular flexibility index (Phi) is 3.97. The molecule has 0 radical (unpaired) electrons. The Hall–Kier alpha value is -1.81. The summed E-state index contributed by atoms with van der Waals surface area (Å²) in [5, 5.41) is 4.19. The van der Waals surface area contributed by atoms with Gasteiger partial charge >= 0.3 is 0 Å². The molecule has 1 aliphatic rings. The highest BCUT2D eigenvalue weighted by Gasteiger charge is 2.22. The number of aromatic amines is 1. The lowest BCUT2D eigenvalue weighted by atomic mass is 10.0. The first kappa shape index (κ1) is 14.1. The number of nitrogens with one attached hydrogen (secondary N) is 2. The van der Waals surface area contributed by atoms with E-state index >= 15 is 0 Å². The fourth-order valence-electron chi connectivity index (χ4n) is 3.11. The first-order valence-corrected chi connectivity index (χ1v) is 7.76. The van der Waals surface area contributed by atoms with Gasteiger partial charge in [0.25, 0.3) is 5.91 Å². The molecule has 2 aromatic rings. The van der Waals surface area contributed by atoms with Crippen molar-refractivity contribution in [1.82, 2.24) is 15.2 Å². The average molecular weight is 285 g/mol. The average Bonchev–Trinajstić information content (AvgIpc) is 2.96. The highest BCUT2D eigenvalue weighted by atomic mass is 16.1. The van der Waals surface area contributed by atoms with Gasteiger partial charge in [-0.3, -0.25) is 4.79 Å². The third kappa shape index (κ3) is 2.95. The Morgan fingerprint density at radius 2 is 2.05 bits per heavy atom. The molecular formula is C17H23N3O. The van der Waals surface area contributed by atoms with Crippen LogP contribution in [-0.2, 0) is 0 Å². The fraction of sp³-hybridized carbons (Fsp3) is 0.471. The highest BCUT2D eigenvalue weighted by molar-refractivity contribution is 6.06. The van der Waals surface area contributed by atoms with Crippen LogP contribution in [0.2, 0.25) is 0 Å². The van der Waals surface area contributed by atoms with Crippen molar-refractivity contribution in [2.24, 2.45) is 0 Å². The quantitative estimate of drug-likeness (QED) is 0.911. The number of amides is 1. The Bertz CT molecular complexity index is 624. The first-order chi connectivity index (χ1) is 10.1. The van der Waals surface area contributed by atoms with Crippen molar-refractivity contribution in [3.05, 3.63) is 36.0 Å². The molecule has 1 saturated heterocycles. The van der Waals surface area contributed by atoms with E-state index in [0.717, 1.165) is 42.4 Å². The molecule has 0 aliphatic carbocycles. The zero-order valence-electron chi connectivity index (χ0n) is 12.7. The third-order valence-electron chi connectivity index (χ3n) is 4.43. The minimum absolute atomic E-state index is 0.0446. The number of carbonyl (C=O) groups is 1. The molecule has 4 nitrogen and oxygen atoms in total. The number of piperidine rings is 1. The summed E-state index contributed by atoms with van der Waals surface area (Å²) < 4.78 is 0. The van der Waals surface area contributed by atoms with Crippen LogP contribution in [-0.4, -0.2) is 41.0 Å². The van der Waals surface area contributed by atoms with Crippen molar-refractivity contribution in [3.63, 3.8) is 0 Å². The number of likely N-dealkylation sites (tertiary alicyclic amines) is 1. The Morgan fingerprint density at radius 3 is 2.76 bits per heavy atom. The van der Waals surface area contributed by atoms with Gasteiger partial charge in [-0.2, -0.15) is 0 Å². The Morgan fingerprint density at radius 1 is 1.29 bits per heavy atom. The number of H-pyrrole nitrogens is 1. The monoisotopic (exact) mass is 285 g/mol.